The predicted octanol–water partition coefficient (Wildman–Crippen LogP) is 3.89. The largest absolute Gasteiger partial charge is 0.334 e. The molecule has 0 fully saturated rings. The number of nitrogens with zero attached hydrogens (tertiary/aromatic N) is 1. The molecule has 1 aliphatic heterocycles. The highest BCUT2D eigenvalue weighted by atomic mass is 19.1. The number of carbonyl (C=O) groups excluding carboxylic acids is 1. The molecule has 4 heteroatoms. The summed E-state index contributed by atoms with van der Waals surface area (Å²) in [5, 5.41) is 0. The Bertz CT molecular complexity index is 725. The van der Waals surface area contributed by atoms with Crippen molar-refractivity contribution in [1.82, 2.24) is 4.90 Å². The molecule has 0 N–H and O–H groups in total. The van der Waals surface area contributed by atoms with Crippen molar-refractivity contribution in [2.45, 2.75) is 6.42 Å². The van der Waals surface area contributed by atoms with Gasteiger partial charge in [0.2, 0.25) is 0 Å². The minimum Gasteiger partial charge on any atom is -0.334 e. The maximum Gasteiger partial charge on any atom is 0.257 e. The Balaban J connectivity index is 1.77. The van der Waals surface area contributed by atoms with E-state index in [1.54, 1.807) is 0 Å². The van der Waals surface area contributed by atoms with Gasteiger partial charge >= 0.3 is 0 Å². The van der Waals surface area contributed by atoms with Crippen LogP contribution in [0.3, 0.4) is 0 Å². The third-order valence-electron chi connectivity index (χ3n) is 3.80. The van der Waals surface area contributed by atoms with E-state index >= 15 is 0 Å². The van der Waals surface area contributed by atoms with Gasteiger partial charge in [-0.15, -0.1) is 0 Å². The minimum absolute atomic E-state index is 0.212. The Morgan fingerprint density at radius 2 is 1.82 bits per heavy atom. The van der Waals surface area contributed by atoms with E-state index in [0.29, 0.717) is 19.5 Å². The first-order chi connectivity index (χ1) is 10.6. The number of amides is 1. The molecule has 2 aromatic carbocycles. The van der Waals surface area contributed by atoms with Gasteiger partial charge in [-0.1, -0.05) is 36.4 Å². The molecule has 0 radical (unpaired) electrons. The molecule has 0 saturated heterocycles. The first kappa shape index (κ1) is 14.4. The van der Waals surface area contributed by atoms with E-state index in [0.717, 1.165) is 23.8 Å². The van der Waals surface area contributed by atoms with E-state index in [1.807, 2.05) is 36.4 Å². The molecular formula is C18H15F2NO. The second-order valence-corrected chi connectivity index (χ2v) is 5.22. The fraction of sp³-hybridized carbons (Fsp3) is 0.167. The molecule has 1 heterocycles. The van der Waals surface area contributed by atoms with Crippen LogP contribution in [0.25, 0.3) is 5.57 Å². The maximum absolute atomic E-state index is 13.7. The van der Waals surface area contributed by atoms with Gasteiger partial charge in [-0.05, 0) is 35.8 Å². The zero-order valence-corrected chi connectivity index (χ0v) is 11.9. The first-order valence-electron chi connectivity index (χ1n) is 7.14. The molecule has 0 saturated carbocycles. The lowest BCUT2D eigenvalue weighted by atomic mass is 9.99. The van der Waals surface area contributed by atoms with Crippen molar-refractivity contribution in [3.05, 3.63) is 77.4 Å². The fourth-order valence-corrected chi connectivity index (χ4v) is 2.60. The number of carbonyl (C=O) groups is 1. The summed E-state index contributed by atoms with van der Waals surface area (Å²) < 4.78 is 26.9. The standard InChI is InChI=1S/C18H15F2NO/c19-15-6-7-17(20)16(12-15)18(22)21-10-8-14(9-11-21)13-4-2-1-3-5-13/h1-8,12H,9-11H2. The van der Waals surface area contributed by atoms with Crippen LogP contribution in [-0.4, -0.2) is 23.9 Å². The lowest BCUT2D eigenvalue weighted by Crippen LogP contribution is -2.35. The van der Waals surface area contributed by atoms with Gasteiger partial charge in [-0.2, -0.15) is 0 Å². The van der Waals surface area contributed by atoms with Crippen molar-refractivity contribution >= 4 is 11.5 Å². The van der Waals surface area contributed by atoms with Crippen LogP contribution in [0.15, 0.2) is 54.6 Å². The molecule has 3 rings (SSSR count). The molecule has 0 unspecified atom stereocenters. The van der Waals surface area contributed by atoms with Gasteiger partial charge in [-0.3, -0.25) is 4.79 Å². The third-order valence-corrected chi connectivity index (χ3v) is 3.80. The van der Waals surface area contributed by atoms with Gasteiger partial charge in [0, 0.05) is 13.1 Å². The summed E-state index contributed by atoms with van der Waals surface area (Å²) in [6.07, 6.45) is 2.67. The van der Waals surface area contributed by atoms with Crippen LogP contribution in [-0.2, 0) is 0 Å². The molecule has 22 heavy (non-hydrogen) atoms. The van der Waals surface area contributed by atoms with Crippen molar-refractivity contribution in [2.75, 3.05) is 13.1 Å². The average molecular weight is 299 g/mol. The van der Waals surface area contributed by atoms with Crippen LogP contribution in [0.4, 0.5) is 8.78 Å². The normalized spacial score (nSPS) is 14.6. The van der Waals surface area contributed by atoms with Crippen LogP contribution >= 0.6 is 0 Å². The van der Waals surface area contributed by atoms with Crippen molar-refractivity contribution in [2.24, 2.45) is 0 Å². The summed E-state index contributed by atoms with van der Waals surface area (Å²) in [7, 11) is 0. The Labute approximate surface area is 127 Å². The van der Waals surface area contributed by atoms with E-state index in [4.69, 9.17) is 0 Å². The van der Waals surface area contributed by atoms with E-state index in [-0.39, 0.29) is 5.56 Å². The lowest BCUT2D eigenvalue weighted by Gasteiger charge is -2.27. The van der Waals surface area contributed by atoms with Gasteiger partial charge in [0.05, 0.1) is 5.56 Å². The summed E-state index contributed by atoms with van der Waals surface area (Å²) >= 11 is 0. The van der Waals surface area contributed by atoms with E-state index < -0.39 is 17.5 Å². The van der Waals surface area contributed by atoms with Gasteiger partial charge in [-0.25, -0.2) is 8.78 Å². The van der Waals surface area contributed by atoms with Crippen molar-refractivity contribution in [3.63, 3.8) is 0 Å². The number of rotatable bonds is 2. The average Bonchev–Trinajstić information content (AvgIpc) is 2.57. The molecule has 2 nitrogen and oxygen atoms in total. The van der Waals surface area contributed by atoms with Gasteiger partial charge in [0.15, 0.2) is 0 Å². The molecule has 0 spiro atoms. The molecule has 0 bridgehead atoms. The van der Waals surface area contributed by atoms with Crippen LogP contribution < -0.4 is 0 Å². The quantitative estimate of drug-likeness (QED) is 0.823. The topological polar surface area (TPSA) is 20.3 Å². The van der Waals surface area contributed by atoms with Crippen molar-refractivity contribution in [1.29, 1.82) is 0 Å². The van der Waals surface area contributed by atoms with Gasteiger partial charge in [0.1, 0.15) is 11.6 Å². The summed E-state index contributed by atoms with van der Waals surface area (Å²) in [5.41, 5.74) is 2.09. The molecule has 112 valence electrons. The van der Waals surface area contributed by atoms with Crippen LogP contribution in [0.2, 0.25) is 0 Å². The summed E-state index contributed by atoms with van der Waals surface area (Å²) in [4.78, 5) is 13.8. The Hall–Kier alpha value is -2.49. The lowest BCUT2D eigenvalue weighted by molar-refractivity contribution is 0.0767. The van der Waals surface area contributed by atoms with Crippen LogP contribution in [0.5, 0.6) is 0 Å². The van der Waals surface area contributed by atoms with Gasteiger partial charge in [0.25, 0.3) is 5.91 Å². The van der Waals surface area contributed by atoms with Crippen LogP contribution in [0, 0.1) is 11.6 Å². The number of hydrogen-bond acceptors (Lipinski definition) is 1. The van der Waals surface area contributed by atoms with E-state index in [9.17, 15) is 13.6 Å². The fourth-order valence-electron chi connectivity index (χ4n) is 2.60. The Morgan fingerprint density at radius 3 is 2.50 bits per heavy atom. The molecular weight excluding hydrogens is 284 g/mol. The van der Waals surface area contributed by atoms with Gasteiger partial charge < -0.3 is 4.90 Å². The molecule has 2 aromatic rings. The number of halogens is 2. The molecule has 0 aromatic heterocycles. The van der Waals surface area contributed by atoms with Crippen molar-refractivity contribution in [3.8, 4) is 0 Å². The number of hydrogen-bond donors (Lipinski definition) is 0. The molecule has 1 aliphatic rings. The maximum atomic E-state index is 13.7. The highest BCUT2D eigenvalue weighted by Gasteiger charge is 2.22. The second kappa shape index (κ2) is 6.10. The monoisotopic (exact) mass is 299 g/mol. The minimum atomic E-state index is -0.691. The molecule has 1 amide bonds. The first-order valence-corrected chi connectivity index (χ1v) is 7.14. The molecule has 0 aliphatic carbocycles. The predicted molar refractivity (Wildman–Crippen MR) is 81.3 cm³/mol. The third kappa shape index (κ3) is 2.91. The zero-order chi connectivity index (χ0) is 15.5. The van der Waals surface area contributed by atoms with E-state index in [2.05, 4.69) is 0 Å². The summed E-state index contributed by atoms with van der Waals surface area (Å²) in [6.45, 7) is 0.897. The highest BCUT2D eigenvalue weighted by Crippen LogP contribution is 2.23. The summed E-state index contributed by atoms with van der Waals surface area (Å²) in [6, 6.07) is 12.9. The number of benzene rings is 2. The molecule has 0 atom stereocenters. The second-order valence-electron chi connectivity index (χ2n) is 5.22. The highest BCUT2D eigenvalue weighted by molar-refractivity contribution is 5.95. The zero-order valence-electron chi connectivity index (χ0n) is 11.9. The Morgan fingerprint density at radius 1 is 1.05 bits per heavy atom. The van der Waals surface area contributed by atoms with Crippen LogP contribution in [0.1, 0.15) is 22.3 Å². The smallest absolute Gasteiger partial charge is 0.257 e. The summed E-state index contributed by atoms with van der Waals surface area (Å²) in [5.74, 6) is -1.77. The SMILES string of the molecule is O=C(c1cc(F)ccc1F)N1CC=C(c2ccccc2)CC1. The van der Waals surface area contributed by atoms with E-state index in [1.165, 1.54) is 10.5 Å². The Kier molecular flexibility index (Phi) is 4.00. The van der Waals surface area contributed by atoms with Crippen molar-refractivity contribution < 1.29 is 13.6 Å².